The quantitative estimate of drug-likeness (QED) is 0.152. The van der Waals surface area contributed by atoms with Gasteiger partial charge in [-0.15, -0.1) is 22.7 Å². The van der Waals surface area contributed by atoms with Crippen molar-refractivity contribution in [3.63, 3.8) is 0 Å². The second-order valence-electron chi connectivity index (χ2n) is 10.3. The molecule has 186 valence electrons. The molecule has 0 saturated carbocycles. The summed E-state index contributed by atoms with van der Waals surface area (Å²) in [5.41, 5.74) is 2.50. The molecule has 7 heteroatoms. The van der Waals surface area contributed by atoms with E-state index in [1.54, 1.807) is 24.8 Å². The number of rotatable bonds is 5. The molecule has 0 aliphatic heterocycles. The maximum Gasteiger partial charge on any atom is 2.00 e. The van der Waals surface area contributed by atoms with Gasteiger partial charge in [-0.2, -0.15) is 35.9 Å². The van der Waals surface area contributed by atoms with Gasteiger partial charge in [-0.25, -0.2) is 38.1 Å². The minimum Gasteiger partial charge on any atom is -0.240 e. The van der Waals surface area contributed by atoms with Gasteiger partial charge < -0.3 is 0 Å². The van der Waals surface area contributed by atoms with Crippen LogP contribution in [0.15, 0.2) is 85.5 Å². The molecule has 0 aliphatic carbocycles. The summed E-state index contributed by atoms with van der Waals surface area (Å²) in [6.07, 6.45) is 8.17. The summed E-state index contributed by atoms with van der Waals surface area (Å²) in [4.78, 5) is 18.4. The van der Waals surface area contributed by atoms with E-state index in [2.05, 4.69) is 88.9 Å². The minimum atomic E-state index is -0.682. The van der Waals surface area contributed by atoms with Gasteiger partial charge in [0.25, 0.3) is 0 Å². The van der Waals surface area contributed by atoms with Crippen molar-refractivity contribution < 1.29 is 17.1 Å². The first kappa shape index (κ1) is 29.5. The third kappa shape index (κ3) is 7.37. The Morgan fingerprint density at radius 1 is 0.743 bits per heavy atom. The molecule has 0 amide bonds. The van der Waals surface area contributed by atoms with Crippen LogP contribution in [0.5, 0.6) is 0 Å². The molecule has 0 spiro atoms. The van der Waals surface area contributed by atoms with E-state index in [1.807, 2.05) is 42.5 Å². The molecule has 4 aromatic rings. The second kappa shape index (κ2) is 12.5. The molecule has 0 N–H and O–H groups in total. The molecule has 0 bridgehead atoms. The first-order chi connectivity index (χ1) is 16.0. The van der Waals surface area contributed by atoms with Crippen LogP contribution in [0.1, 0.15) is 64.3 Å². The summed E-state index contributed by atoms with van der Waals surface area (Å²) in [6.45, 7) is 14.2. The van der Waals surface area contributed by atoms with Crippen LogP contribution in [0.3, 0.4) is 0 Å². The van der Waals surface area contributed by atoms with E-state index in [4.69, 9.17) is 0 Å². The SMILES string of the molecule is CC(C)(C)P(Cc1cc[cH-]c1C(P)(c1ncccn1)c1ncccn1)C(C)(C)C.[Fe+2].c1cc[cH-]c1. The van der Waals surface area contributed by atoms with Crippen molar-refractivity contribution in [3.05, 3.63) is 108 Å². The Morgan fingerprint density at radius 3 is 1.57 bits per heavy atom. The van der Waals surface area contributed by atoms with Gasteiger partial charge in [0.15, 0.2) is 0 Å². The minimum absolute atomic E-state index is 0. The average Bonchev–Trinajstić information content (AvgIpc) is 3.52. The molecule has 0 fully saturated rings. The molecule has 0 radical (unpaired) electrons. The van der Waals surface area contributed by atoms with E-state index < -0.39 is 5.16 Å². The van der Waals surface area contributed by atoms with Crippen LogP contribution in [0, 0.1) is 0 Å². The zero-order valence-electron chi connectivity index (χ0n) is 21.5. The number of hydrogen-bond acceptors (Lipinski definition) is 4. The van der Waals surface area contributed by atoms with Crippen molar-refractivity contribution in [1.29, 1.82) is 0 Å². The molecule has 35 heavy (non-hydrogen) atoms. The van der Waals surface area contributed by atoms with Gasteiger partial charge in [0, 0.05) is 24.8 Å². The fourth-order valence-electron chi connectivity index (χ4n) is 4.30. The van der Waals surface area contributed by atoms with Crippen molar-refractivity contribution >= 4 is 17.2 Å². The Kier molecular flexibility index (Phi) is 10.5. The molecular weight excluding hydrogens is 510 g/mol. The van der Waals surface area contributed by atoms with E-state index in [0.717, 1.165) is 6.16 Å². The molecule has 4 rings (SSSR count). The third-order valence-electron chi connectivity index (χ3n) is 5.67. The Morgan fingerprint density at radius 2 is 1.20 bits per heavy atom. The predicted octanol–water partition coefficient (Wildman–Crippen LogP) is 7.13. The summed E-state index contributed by atoms with van der Waals surface area (Å²) in [5, 5.41) is -0.186. The zero-order valence-corrected chi connectivity index (χ0v) is 24.6. The van der Waals surface area contributed by atoms with Gasteiger partial charge in [0.2, 0.25) is 0 Å². The maximum atomic E-state index is 4.59. The summed E-state index contributed by atoms with van der Waals surface area (Å²) in [6, 6.07) is 20.2. The third-order valence-corrected chi connectivity index (χ3v) is 10.4. The number of nitrogens with zero attached hydrogens (tertiary/aromatic N) is 4. The Balaban J connectivity index is 0.000000640. The van der Waals surface area contributed by atoms with Gasteiger partial charge in [-0.1, -0.05) is 47.7 Å². The van der Waals surface area contributed by atoms with Crippen LogP contribution >= 0.6 is 17.2 Å². The smallest absolute Gasteiger partial charge is 0.240 e. The number of hydrogen-bond donors (Lipinski definition) is 0. The second-order valence-corrected chi connectivity index (χ2v) is 15.0. The molecule has 2 aromatic heterocycles. The first-order valence-corrected chi connectivity index (χ1v) is 13.7. The molecular formula is C28H36FeN4P2. The fraction of sp³-hybridized carbons (Fsp3) is 0.357. The van der Waals surface area contributed by atoms with Crippen molar-refractivity contribution in [3.8, 4) is 0 Å². The van der Waals surface area contributed by atoms with Crippen LogP contribution in [-0.2, 0) is 28.4 Å². The molecule has 2 aromatic carbocycles. The molecule has 4 nitrogen and oxygen atoms in total. The molecule has 2 heterocycles. The fourth-order valence-corrected chi connectivity index (χ4v) is 8.46. The van der Waals surface area contributed by atoms with Crippen LogP contribution in [-0.4, -0.2) is 30.2 Å². The van der Waals surface area contributed by atoms with Crippen molar-refractivity contribution in [2.24, 2.45) is 0 Å². The largest absolute Gasteiger partial charge is 2.00 e. The zero-order chi connectivity index (χ0) is 24.8. The van der Waals surface area contributed by atoms with Crippen molar-refractivity contribution in [2.45, 2.75) is 63.2 Å². The van der Waals surface area contributed by atoms with Gasteiger partial charge in [0.05, 0.1) is 0 Å². The van der Waals surface area contributed by atoms with Gasteiger partial charge in [0.1, 0.15) is 16.8 Å². The molecule has 1 unspecified atom stereocenters. The van der Waals surface area contributed by atoms with E-state index in [1.165, 1.54) is 11.1 Å². The van der Waals surface area contributed by atoms with Gasteiger partial charge >= 0.3 is 17.1 Å². The predicted molar refractivity (Wildman–Crippen MR) is 148 cm³/mol. The topological polar surface area (TPSA) is 51.6 Å². The standard InChI is InChI=1S/C23H31N4P2.C5H5.Fe/c1-21(2,3)29(22(4,5)6)16-17-10-7-11-18(17)23(28,19-24-12-8-13-25-19)20-26-14-9-15-27-20;1-2-4-5-3-1;/h7-15H,16,28H2,1-6H3;1-5H;/q2*-1;+2. The number of aromatic nitrogens is 4. The average molecular weight is 546 g/mol. The van der Waals surface area contributed by atoms with Crippen LogP contribution in [0.25, 0.3) is 0 Å². The van der Waals surface area contributed by atoms with E-state index in [0.29, 0.717) is 11.6 Å². The van der Waals surface area contributed by atoms with E-state index in [9.17, 15) is 0 Å². The summed E-state index contributed by atoms with van der Waals surface area (Å²) >= 11 is 0. The summed E-state index contributed by atoms with van der Waals surface area (Å²) < 4.78 is 0. The van der Waals surface area contributed by atoms with Gasteiger partial charge in [-0.05, 0) is 22.4 Å². The Labute approximate surface area is 225 Å². The molecule has 0 aliphatic rings. The van der Waals surface area contributed by atoms with Crippen LogP contribution in [0.4, 0.5) is 0 Å². The van der Waals surface area contributed by atoms with E-state index in [-0.39, 0.29) is 35.3 Å². The van der Waals surface area contributed by atoms with Crippen LogP contribution < -0.4 is 0 Å². The monoisotopic (exact) mass is 546 g/mol. The van der Waals surface area contributed by atoms with Crippen LogP contribution in [0.2, 0.25) is 0 Å². The normalized spacial score (nSPS) is 12.0. The van der Waals surface area contributed by atoms with Gasteiger partial charge in [-0.3, -0.25) is 0 Å². The van der Waals surface area contributed by atoms with Crippen molar-refractivity contribution in [2.75, 3.05) is 0 Å². The Bertz CT molecular complexity index is 1040. The molecule has 0 saturated heterocycles. The maximum absolute atomic E-state index is 4.59. The summed E-state index contributed by atoms with van der Waals surface area (Å²) in [5.74, 6) is 1.39. The van der Waals surface area contributed by atoms with Crippen molar-refractivity contribution in [1.82, 2.24) is 19.9 Å². The first-order valence-electron chi connectivity index (χ1n) is 11.6. The summed E-state index contributed by atoms with van der Waals surface area (Å²) in [7, 11) is 2.68. The van der Waals surface area contributed by atoms with E-state index >= 15 is 0 Å². The molecule has 1 atom stereocenters. The Hall–Kier alpha value is -1.76.